The van der Waals surface area contributed by atoms with Crippen molar-refractivity contribution >= 4 is 28.1 Å². The van der Waals surface area contributed by atoms with Gasteiger partial charge in [-0.3, -0.25) is 4.79 Å². The molecule has 0 heterocycles. The number of aryl methyl sites for hydroxylation is 1. The van der Waals surface area contributed by atoms with Crippen molar-refractivity contribution in [1.29, 1.82) is 0 Å². The molecular weight excluding hydrogens is 384 g/mol. The number of carbonyl (C=O) groups excluding carboxylic acids is 1. The smallest absolute Gasteiger partial charge is 0.277 e. The summed E-state index contributed by atoms with van der Waals surface area (Å²) in [5, 5.41) is 3.94. The van der Waals surface area contributed by atoms with Crippen molar-refractivity contribution in [3.8, 4) is 11.5 Å². The van der Waals surface area contributed by atoms with Crippen LogP contribution in [0.25, 0.3) is 0 Å². The zero-order valence-corrected chi connectivity index (χ0v) is 15.9. The second-order valence-electron chi connectivity index (χ2n) is 5.36. The van der Waals surface area contributed by atoms with Crippen LogP contribution in [0.2, 0.25) is 0 Å². The lowest BCUT2D eigenvalue weighted by molar-refractivity contribution is -0.123. The molecular formula is C19H21BrN2O3. The minimum absolute atomic E-state index is 0.0935. The molecule has 0 aliphatic heterocycles. The van der Waals surface area contributed by atoms with Gasteiger partial charge >= 0.3 is 0 Å². The SMILES string of the molecule is CCCc1ccc(OCC(=O)NN=Cc2cc(OC)ccc2Br)cc1. The number of benzene rings is 2. The first-order chi connectivity index (χ1) is 12.1. The molecule has 6 heteroatoms. The largest absolute Gasteiger partial charge is 0.497 e. The first-order valence-electron chi connectivity index (χ1n) is 7.99. The number of halogens is 1. The van der Waals surface area contributed by atoms with Gasteiger partial charge in [-0.2, -0.15) is 5.10 Å². The molecule has 0 aromatic heterocycles. The fraction of sp³-hybridized carbons (Fsp3) is 0.263. The van der Waals surface area contributed by atoms with Crippen LogP contribution in [-0.4, -0.2) is 25.8 Å². The number of hydrogen-bond acceptors (Lipinski definition) is 4. The molecule has 0 fully saturated rings. The Bertz CT molecular complexity index is 730. The van der Waals surface area contributed by atoms with E-state index in [4.69, 9.17) is 9.47 Å². The summed E-state index contributed by atoms with van der Waals surface area (Å²) in [6.45, 7) is 2.04. The first-order valence-corrected chi connectivity index (χ1v) is 8.79. The van der Waals surface area contributed by atoms with Crippen LogP contribution in [0.1, 0.15) is 24.5 Å². The van der Waals surface area contributed by atoms with Crippen LogP contribution in [0.4, 0.5) is 0 Å². The molecule has 0 bridgehead atoms. The van der Waals surface area contributed by atoms with Gasteiger partial charge in [0.1, 0.15) is 11.5 Å². The Morgan fingerprint density at radius 1 is 1.20 bits per heavy atom. The van der Waals surface area contributed by atoms with Crippen LogP contribution < -0.4 is 14.9 Å². The van der Waals surface area contributed by atoms with Gasteiger partial charge in [-0.1, -0.05) is 41.4 Å². The maximum Gasteiger partial charge on any atom is 0.277 e. The number of hydrazone groups is 1. The number of ether oxygens (including phenoxy) is 2. The Hall–Kier alpha value is -2.34. The molecule has 2 aromatic rings. The third kappa shape index (κ3) is 6.23. The lowest BCUT2D eigenvalue weighted by atomic mass is 10.1. The van der Waals surface area contributed by atoms with Crippen molar-refractivity contribution in [3.63, 3.8) is 0 Å². The highest BCUT2D eigenvalue weighted by molar-refractivity contribution is 9.10. The monoisotopic (exact) mass is 404 g/mol. The Labute approximate surface area is 156 Å². The number of rotatable bonds is 8. The van der Waals surface area contributed by atoms with Crippen LogP contribution >= 0.6 is 15.9 Å². The van der Waals surface area contributed by atoms with Gasteiger partial charge in [0, 0.05) is 10.0 Å². The van der Waals surface area contributed by atoms with Crippen molar-refractivity contribution in [2.75, 3.05) is 13.7 Å². The molecule has 0 spiro atoms. The summed E-state index contributed by atoms with van der Waals surface area (Å²) in [4.78, 5) is 11.8. The number of hydrogen-bond donors (Lipinski definition) is 1. The number of nitrogens with zero attached hydrogens (tertiary/aromatic N) is 1. The maximum absolute atomic E-state index is 11.8. The van der Waals surface area contributed by atoms with E-state index in [-0.39, 0.29) is 12.5 Å². The first kappa shape index (κ1) is 19.0. The molecule has 0 saturated carbocycles. The van der Waals surface area contributed by atoms with Gasteiger partial charge < -0.3 is 9.47 Å². The highest BCUT2D eigenvalue weighted by Gasteiger charge is 2.03. The minimum atomic E-state index is -0.326. The molecule has 0 saturated heterocycles. The summed E-state index contributed by atoms with van der Waals surface area (Å²) < 4.78 is 11.5. The molecule has 0 radical (unpaired) electrons. The van der Waals surface area contributed by atoms with Crippen molar-refractivity contribution < 1.29 is 14.3 Å². The maximum atomic E-state index is 11.8. The van der Waals surface area contributed by atoms with E-state index in [0.717, 1.165) is 22.9 Å². The van der Waals surface area contributed by atoms with Crippen molar-refractivity contribution in [2.45, 2.75) is 19.8 Å². The molecule has 0 aliphatic rings. The van der Waals surface area contributed by atoms with Gasteiger partial charge in [0.2, 0.25) is 0 Å². The zero-order valence-electron chi connectivity index (χ0n) is 14.3. The van der Waals surface area contributed by atoms with E-state index in [1.807, 2.05) is 42.5 Å². The summed E-state index contributed by atoms with van der Waals surface area (Å²) in [5.74, 6) is 1.05. The molecule has 0 unspecified atom stereocenters. The number of nitrogens with one attached hydrogen (secondary N) is 1. The van der Waals surface area contributed by atoms with Crippen LogP contribution in [0.5, 0.6) is 11.5 Å². The van der Waals surface area contributed by atoms with Crippen LogP contribution in [0.15, 0.2) is 52.0 Å². The fourth-order valence-electron chi connectivity index (χ4n) is 2.14. The molecule has 0 aliphatic carbocycles. The summed E-state index contributed by atoms with van der Waals surface area (Å²) >= 11 is 3.42. The Morgan fingerprint density at radius 2 is 1.92 bits per heavy atom. The highest BCUT2D eigenvalue weighted by Crippen LogP contribution is 2.20. The topological polar surface area (TPSA) is 59.9 Å². The molecule has 1 amide bonds. The average molecular weight is 405 g/mol. The van der Waals surface area contributed by atoms with E-state index in [9.17, 15) is 4.79 Å². The number of amides is 1. The van der Waals surface area contributed by atoms with Crippen molar-refractivity contribution in [3.05, 3.63) is 58.1 Å². The van der Waals surface area contributed by atoms with Crippen LogP contribution in [0.3, 0.4) is 0 Å². The highest BCUT2D eigenvalue weighted by atomic mass is 79.9. The van der Waals surface area contributed by atoms with Crippen molar-refractivity contribution in [2.24, 2.45) is 5.10 Å². The summed E-state index contributed by atoms with van der Waals surface area (Å²) in [5.41, 5.74) is 4.50. The van der Waals surface area contributed by atoms with Gasteiger partial charge in [-0.25, -0.2) is 5.43 Å². The van der Waals surface area contributed by atoms with Crippen molar-refractivity contribution in [1.82, 2.24) is 5.43 Å². The molecule has 2 aromatic carbocycles. The third-order valence-electron chi connectivity index (χ3n) is 3.43. The second kappa shape index (κ2) is 9.84. The number of methoxy groups -OCH3 is 1. The number of carbonyl (C=O) groups is 1. The van der Waals surface area contributed by atoms with Crippen LogP contribution in [-0.2, 0) is 11.2 Å². The van der Waals surface area contributed by atoms with Gasteiger partial charge in [0.15, 0.2) is 6.61 Å². The standard InChI is InChI=1S/C19H21BrN2O3/c1-3-4-14-5-7-16(8-6-14)25-13-19(23)22-21-12-15-11-17(24-2)9-10-18(15)20/h5-12H,3-4,13H2,1-2H3,(H,22,23). The van der Waals surface area contributed by atoms with E-state index >= 15 is 0 Å². The Morgan fingerprint density at radius 3 is 2.60 bits per heavy atom. The van der Waals surface area contributed by atoms with E-state index in [0.29, 0.717) is 11.5 Å². The minimum Gasteiger partial charge on any atom is -0.497 e. The molecule has 5 nitrogen and oxygen atoms in total. The predicted molar refractivity (Wildman–Crippen MR) is 102 cm³/mol. The van der Waals surface area contributed by atoms with Gasteiger partial charge in [0.25, 0.3) is 5.91 Å². The Balaban J connectivity index is 1.82. The summed E-state index contributed by atoms with van der Waals surface area (Å²) in [7, 11) is 1.60. The van der Waals surface area contributed by atoms with Gasteiger partial charge in [-0.05, 0) is 42.3 Å². The molecule has 2 rings (SSSR count). The lowest BCUT2D eigenvalue weighted by Gasteiger charge is -2.06. The normalized spacial score (nSPS) is 10.7. The van der Waals surface area contributed by atoms with E-state index in [1.54, 1.807) is 13.3 Å². The van der Waals surface area contributed by atoms with Gasteiger partial charge in [0.05, 0.1) is 13.3 Å². The molecule has 1 N–H and O–H groups in total. The molecule has 25 heavy (non-hydrogen) atoms. The molecule has 0 atom stereocenters. The fourth-order valence-corrected chi connectivity index (χ4v) is 2.49. The zero-order chi connectivity index (χ0) is 18.1. The average Bonchev–Trinajstić information content (AvgIpc) is 2.63. The summed E-state index contributed by atoms with van der Waals surface area (Å²) in [6, 6.07) is 13.3. The van der Waals surface area contributed by atoms with E-state index in [1.165, 1.54) is 5.56 Å². The lowest BCUT2D eigenvalue weighted by Crippen LogP contribution is -2.24. The second-order valence-corrected chi connectivity index (χ2v) is 6.22. The summed E-state index contributed by atoms with van der Waals surface area (Å²) in [6.07, 6.45) is 3.68. The molecule has 132 valence electrons. The van der Waals surface area contributed by atoms with Gasteiger partial charge in [-0.15, -0.1) is 0 Å². The predicted octanol–water partition coefficient (Wildman–Crippen LogP) is 3.94. The quantitative estimate of drug-likeness (QED) is 0.535. The third-order valence-corrected chi connectivity index (χ3v) is 4.15. The Kier molecular flexibility index (Phi) is 7.47. The van der Waals surface area contributed by atoms with E-state index < -0.39 is 0 Å². The van der Waals surface area contributed by atoms with E-state index in [2.05, 4.69) is 33.4 Å². The van der Waals surface area contributed by atoms with Crippen LogP contribution in [0, 0.1) is 0 Å².